The highest BCUT2D eigenvalue weighted by Gasteiger charge is 2.34. The molecule has 0 radical (unpaired) electrons. The predicted molar refractivity (Wildman–Crippen MR) is 95.4 cm³/mol. The van der Waals surface area contributed by atoms with Crippen LogP contribution in [0.1, 0.15) is 40.0 Å². The third kappa shape index (κ3) is 4.49. The van der Waals surface area contributed by atoms with Gasteiger partial charge in [-0.1, -0.05) is 18.5 Å². The van der Waals surface area contributed by atoms with Crippen molar-refractivity contribution in [1.29, 1.82) is 0 Å². The second-order valence-corrected chi connectivity index (χ2v) is 9.26. The number of nitrogens with one attached hydrogen (secondary N) is 1. The molecule has 5 nitrogen and oxygen atoms in total. The van der Waals surface area contributed by atoms with E-state index >= 15 is 0 Å². The summed E-state index contributed by atoms with van der Waals surface area (Å²) in [7, 11) is -3.60. The first kappa shape index (κ1) is 19.2. The molecule has 0 aliphatic carbocycles. The summed E-state index contributed by atoms with van der Waals surface area (Å²) in [6.07, 6.45) is 2.20. The minimum absolute atomic E-state index is 0.0714. The number of hydrogen-bond donors (Lipinski definition) is 1. The summed E-state index contributed by atoms with van der Waals surface area (Å²) < 4.78 is 26.9. The van der Waals surface area contributed by atoms with E-state index < -0.39 is 10.0 Å². The molecule has 1 aliphatic heterocycles. The van der Waals surface area contributed by atoms with Crippen LogP contribution in [-0.4, -0.2) is 37.3 Å². The van der Waals surface area contributed by atoms with Crippen LogP contribution >= 0.6 is 11.6 Å². The van der Waals surface area contributed by atoms with Gasteiger partial charge in [0.15, 0.2) is 0 Å². The summed E-state index contributed by atoms with van der Waals surface area (Å²) in [6.45, 7) is 6.60. The van der Waals surface area contributed by atoms with Crippen LogP contribution in [0.4, 0.5) is 0 Å². The highest BCUT2D eigenvalue weighted by molar-refractivity contribution is 7.89. The van der Waals surface area contributed by atoms with Crippen molar-refractivity contribution in [3.8, 4) is 0 Å². The summed E-state index contributed by atoms with van der Waals surface area (Å²) in [5, 5.41) is 3.51. The molecule has 0 saturated carbocycles. The molecule has 1 aromatic carbocycles. The van der Waals surface area contributed by atoms with Crippen molar-refractivity contribution in [1.82, 2.24) is 9.62 Å². The number of sulfonamides is 1. The molecule has 1 fully saturated rings. The zero-order valence-electron chi connectivity index (χ0n) is 14.4. The fourth-order valence-corrected chi connectivity index (χ4v) is 4.30. The number of hydrogen-bond acceptors (Lipinski definition) is 3. The van der Waals surface area contributed by atoms with E-state index in [0.29, 0.717) is 24.4 Å². The van der Waals surface area contributed by atoms with Gasteiger partial charge in [0, 0.05) is 23.7 Å². The molecule has 1 aromatic rings. The van der Waals surface area contributed by atoms with E-state index in [4.69, 9.17) is 11.6 Å². The number of carbonyl (C=O) groups is 1. The van der Waals surface area contributed by atoms with E-state index in [2.05, 4.69) is 5.32 Å². The van der Waals surface area contributed by atoms with E-state index in [-0.39, 0.29) is 28.8 Å². The Labute approximate surface area is 149 Å². The van der Waals surface area contributed by atoms with Crippen LogP contribution < -0.4 is 5.32 Å². The average molecular weight is 373 g/mol. The predicted octanol–water partition coefficient (Wildman–Crippen LogP) is 3.05. The minimum Gasteiger partial charge on any atom is -0.351 e. The molecule has 0 unspecified atom stereocenters. The van der Waals surface area contributed by atoms with Gasteiger partial charge in [0.05, 0.1) is 10.8 Å². The summed E-state index contributed by atoms with van der Waals surface area (Å²) in [5.41, 5.74) is -0.283. The topological polar surface area (TPSA) is 66.5 Å². The van der Waals surface area contributed by atoms with Crippen LogP contribution in [0.2, 0.25) is 5.02 Å². The molecular weight excluding hydrogens is 348 g/mol. The van der Waals surface area contributed by atoms with E-state index in [9.17, 15) is 13.2 Å². The number of halogens is 1. The van der Waals surface area contributed by atoms with Gasteiger partial charge in [-0.05, 0) is 57.4 Å². The lowest BCUT2D eigenvalue weighted by atomic mass is 9.95. The van der Waals surface area contributed by atoms with Crippen molar-refractivity contribution in [2.24, 2.45) is 5.92 Å². The number of benzene rings is 1. The number of piperidine rings is 1. The first-order valence-corrected chi connectivity index (χ1v) is 10.1. The Morgan fingerprint density at radius 3 is 2.54 bits per heavy atom. The van der Waals surface area contributed by atoms with Crippen LogP contribution in [0.3, 0.4) is 0 Å². The lowest BCUT2D eigenvalue weighted by molar-refractivity contribution is -0.127. The quantitative estimate of drug-likeness (QED) is 0.863. The fourth-order valence-electron chi connectivity index (χ4n) is 2.65. The number of nitrogens with zero attached hydrogens (tertiary/aromatic N) is 1. The Balaban J connectivity index is 2.12. The molecule has 1 amide bonds. The molecule has 1 aliphatic rings. The maximum Gasteiger partial charge on any atom is 0.243 e. The maximum atomic E-state index is 12.8. The molecule has 0 spiro atoms. The number of carbonyl (C=O) groups excluding carboxylic acids is 1. The third-order valence-electron chi connectivity index (χ3n) is 4.55. The normalized spacial score (nSPS) is 19.9. The van der Waals surface area contributed by atoms with E-state index in [1.54, 1.807) is 12.1 Å². The average Bonchev–Trinajstić information content (AvgIpc) is 2.55. The van der Waals surface area contributed by atoms with Gasteiger partial charge in [-0.25, -0.2) is 8.42 Å². The molecule has 0 bridgehead atoms. The largest absolute Gasteiger partial charge is 0.351 e. The number of rotatable bonds is 5. The lowest BCUT2D eigenvalue weighted by Crippen LogP contribution is -2.50. The molecule has 7 heteroatoms. The summed E-state index contributed by atoms with van der Waals surface area (Å²) >= 11 is 5.83. The van der Waals surface area contributed by atoms with Gasteiger partial charge in [-0.15, -0.1) is 0 Å². The monoisotopic (exact) mass is 372 g/mol. The Kier molecular flexibility index (Phi) is 5.94. The van der Waals surface area contributed by atoms with Gasteiger partial charge >= 0.3 is 0 Å². The molecule has 0 aromatic heterocycles. The fraction of sp³-hybridized carbons (Fsp3) is 0.588. The Bertz CT molecular complexity index is 686. The highest BCUT2D eigenvalue weighted by Crippen LogP contribution is 2.25. The van der Waals surface area contributed by atoms with Crippen LogP contribution in [0.5, 0.6) is 0 Å². The number of amides is 1. The van der Waals surface area contributed by atoms with Crippen molar-refractivity contribution in [2.45, 2.75) is 50.5 Å². The summed E-state index contributed by atoms with van der Waals surface area (Å²) in [5.74, 6) is -0.385. The van der Waals surface area contributed by atoms with E-state index in [1.807, 2.05) is 20.8 Å². The molecule has 24 heavy (non-hydrogen) atoms. The Hall–Kier alpha value is -1.11. The SMILES string of the molecule is CCC(C)(C)NC(=O)[C@H]1CCCN(S(=O)(=O)c2ccc(Cl)cc2)C1. The third-order valence-corrected chi connectivity index (χ3v) is 6.68. The second kappa shape index (κ2) is 7.42. The summed E-state index contributed by atoms with van der Waals surface area (Å²) in [6, 6.07) is 6.13. The molecule has 1 heterocycles. The molecule has 1 N–H and O–H groups in total. The standard InChI is InChI=1S/C17H25ClN2O3S/c1-4-17(2,3)19-16(21)13-6-5-11-20(12-13)24(22,23)15-9-7-14(18)8-10-15/h7-10,13H,4-6,11-12H2,1-3H3,(H,19,21)/t13-/m0/s1. The first-order valence-electron chi connectivity index (χ1n) is 8.23. The highest BCUT2D eigenvalue weighted by atomic mass is 35.5. The maximum absolute atomic E-state index is 12.8. The zero-order chi connectivity index (χ0) is 18.0. The van der Waals surface area contributed by atoms with Crippen LogP contribution in [-0.2, 0) is 14.8 Å². The minimum atomic E-state index is -3.60. The molecular formula is C17H25ClN2O3S. The van der Waals surface area contributed by atoms with Crippen LogP contribution in [0, 0.1) is 5.92 Å². The van der Waals surface area contributed by atoms with Gasteiger partial charge in [0.2, 0.25) is 15.9 Å². The van der Waals surface area contributed by atoms with Gasteiger partial charge in [-0.3, -0.25) is 4.79 Å². The second-order valence-electron chi connectivity index (χ2n) is 6.88. The molecule has 2 rings (SSSR count). The first-order chi connectivity index (χ1) is 11.2. The van der Waals surface area contributed by atoms with Crippen LogP contribution in [0.15, 0.2) is 29.2 Å². The lowest BCUT2D eigenvalue weighted by Gasteiger charge is -2.33. The smallest absolute Gasteiger partial charge is 0.243 e. The Morgan fingerprint density at radius 1 is 1.33 bits per heavy atom. The van der Waals surface area contributed by atoms with Crippen LogP contribution in [0.25, 0.3) is 0 Å². The van der Waals surface area contributed by atoms with Crippen molar-refractivity contribution < 1.29 is 13.2 Å². The van der Waals surface area contributed by atoms with Gasteiger partial charge in [0.1, 0.15) is 0 Å². The van der Waals surface area contributed by atoms with E-state index in [0.717, 1.165) is 6.42 Å². The van der Waals surface area contributed by atoms with E-state index in [1.165, 1.54) is 16.4 Å². The van der Waals surface area contributed by atoms with Crippen molar-refractivity contribution in [2.75, 3.05) is 13.1 Å². The molecule has 1 atom stereocenters. The van der Waals surface area contributed by atoms with Gasteiger partial charge in [0.25, 0.3) is 0 Å². The Morgan fingerprint density at radius 2 is 1.96 bits per heavy atom. The zero-order valence-corrected chi connectivity index (χ0v) is 16.0. The van der Waals surface area contributed by atoms with Gasteiger partial charge < -0.3 is 5.32 Å². The molecule has 1 saturated heterocycles. The molecule has 134 valence electrons. The summed E-state index contributed by atoms with van der Waals surface area (Å²) in [4.78, 5) is 12.7. The van der Waals surface area contributed by atoms with Gasteiger partial charge in [-0.2, -0.15) is 4.31 Å². The van der Waals surface area contributed by atoms with Crippen molar-refractivity contribution in [3.63, 3.8) is 0 Å². The van der Waals surface area contributed by atoms with Crippen molar-refractivity contribution >= 4 is 27.5 Å². The van der Waals surface area contributed by atoms with Crippen molar-refractivity contribution in [3.05, 3.63) is 29.3 Å².